The molecule has 1 aliphatic rings. The SMILES string of the molecule is Clc1ncccc1CN1CCCCc2ncc(Nc3cc(-c4cn[nH]c4)ncn3)nc21. The number of fused-ring (bicyclic) bond motifs is 1. The van der Waals surface area contributed by atoms with Gasteiger partial charge in [0.1, 0.15) is 17.3 Å². The molecule has 4 aromatic rings. The standard InChI is InChI=1S/C21H20ClN9/c22-20-14(4-3-6-23-20)12-31-7-2-1-5-16-21(31)30-19(11-24-16)29-18-8-17(25-13-26-18)15-9-27-28-10-15/h3-4,6,8-11,13H,1-2,5,7,12H2,(H,27,28)(H,25,26,29,30). The van der Waals surface area contributed by atoms with Crippen molar-refractivity contribution < 1.29 is 0 Å². The first-order chi connectivity index (χ1) is 15.3. The molecule has 2 N–H and O–H groups in total. The van der Waals surface area contributed by atoms with Gasteiger partial charge in [-0.1, -0.05) is 17.7 Å². The second-order valence-electron chi connectivity index (χ2n) is 7.26. The molecule has 0 radical (unpaired) electrons. The van der Waals surface area contributed by atoms with Crippen LogP contribution in [0.1, 0.15) is 24.1 Å². The van der Waals surface area contributed by atoms with Gasteiger partial charge in [-0.15, -0.1) is 0 Å². The number of anilines is 3. The largest absolute Gasteiger partial charge is 0.351 e. The van der Waals surface area contributed by atoms with Gasteiger partial charge >= 0.3 is 0 Å². The number of hydrogen-bond acceptors (Lipinski definition) is 8. The summed E-state index contributed by atoms with van der Waals surface area (Å²) in [4.78, 5) is 24.6. The molecule has 156 valence electrons. The van der Waals surface area contributed by atoms with E-state index in [1.54, 1.807) is 24.8 Å². The van der Waals surface area contributed by atoms with Gasteiger partial charge in [0, 0.05) is 42.7 Å². The molecule has 10 heteroatoms. The lowest BCUT2D eigenvalue weighted by Gasteiger charge is -2.24. The summed E-state index contributed by atoms with van der Waals surface area (Å²) < 4.78 is 0. The summed E-state index contributed by atoms with van der Waals surface area (Å²) in [6.45, 7) is 1.52. The summed E-state index contributed by atoms with van der Waals surface area (Å²) in [5.41, 5.74) is 3.61. The molecule has 0 fully saturated rings. The normalized spacial score (nSPS) is 13.5. The van der Waals surface area contributed by atoms with Gasteiger partial charge in [0.05, 0.1) is 23.8 Å². The smallest absolute Gasteiger partial charge is 0.153 e. The van der Waals surface area contributed by atoms with Crippen LogP contribution in [0, 0.1) is 0 Å². The Morgan fingerprint density at radius 1 is 1.10 bits per heavy atom. The van der Waals surface area contributed by atoms with Crippen molar-refractivity contribution in [2.24, 2.45) is 0 Å². The Balaban J connectivity index is 1.43. The zero-order valence-electron chi connectivity index (χ0n) is 16.7. The average Bonchev–Trinajstić information content (AvgIpc) is 3.26. The van der Waals surface area contributed by atoms with Gasteiger partial charge < -0.3 is 10.2 Å². The summed E-state index contributed by atoms with van der Waals surface area (Å²) in [5, 5.41) is 10.5. The van der Waals surface area contributed by atoms with Crippen LogP contribution in [0.4, 0.5) is 17.5 Å². The Labute approximate surface area is 184 Å². The minimum absolute atomic E-state index is 0.517. The number of aromatic nitrogens is 7. The molecular formula is C21H20ClN9. The first-order valence-corrected chi connectivity index (χ1v) is 10.4. The third kappa shape index (κ3) is 4.31. The maximum absolute atomic E-state index is 6.30. The van der Waals surface area contributed by atoms with Crippen molar-refractivity contribution in [3.8, 4) is 11.3 Å². The third-order valence-corrected chi connectivity index (χ3v) is 5.47. The fraction of sp³-hybridized carbons (Fsp3) is 0.238. The minimum Gasteiger partial charge on any atom is -0.351 e. The van der Waals surface area contributed by atoms with E-state index in [0.29, 0.717) is 23.3 Å². The van der Waals surface area contributed by atoms with Crippen LogP contribution in [-0.2, 0) is 13.0 Å². The Kier molecular flexibility index (Phi) is 5.40. The van der Waals surface area contributed by atoms with Crippen molar-refractivity contribution in [1.82, 2.24) is 35.1 Å². The van der Waals surface area contributed by atoms with Crippen LogP contribution in [0.2, 0.25) is 5.15 Å². The summed E-state index contributed by atoms with van der Waals surface area (Å²) in [7, 11) is 0. The van der Waals surface area contributed by atoms with E-state index in [2.05, 4.69) is 40.3 Å². The molecule has 31 heavy (non-hydrogen) atoms. The molecule has 0 saturated carbocycles. The topological polar surface area (TPSA) is 108 Å². The number of hydrogen-bond donors (Lipinski definition) is 2. The molecule has 0 unspecified atom stereocenters. The van der Waals surface area contributed by atoms with Gasteiger partial charge in [-0.2, -0.15) is 5.10 Å². The highest BCUT2D eigenvalue weighted by molar-refractivity contribution is 6.30. The second-order valence-corrected chi connectivity index (χ2v) is 7.62. The van der Waals surface area contributed by atoms with Crippen molar-refractivity contribution >= 4 is 29.1 Å². The van der Waals surface area contributed by atoms with Crippen molar-refractivity contribution in [3.63, 3.8) is 0 Å². The van der Waals surface area contributed by atoms with Crippen molar-refractivity contribution in [1.29, 1.82) is 0 Å². The van der Waals surface area contributed by atoms with Gasteiger partial charge in [0.15, 0.2) is 11.6 Å². The zero-order chi connectivity index (χ0) is 21.0. The van der Waals surface area contributed by atoms with E-state index in [4.69, 9.17) is 16.6 Å². The quantitative estimate of drug-likeness (QED) is 0.457. The van der Waals surface area contributed by atoms with E-state index in [-0.39, 0.29) is 0 Å². The molecule has 5 rings (SSSR count). The minimum atomic E-state index is 0.517. The predicted molar refractivity (Wildman–Crippen MR) is 118 cm³/mol. The number of aryl methyl sites for hydroxylation is 1. The number of H-pyrrole nitrogens is 1. The number of rotatable bonds is 5. The molecular weight excluding hydrogens is 414 g/mol. The van der Waals surface area contributed by atoms with Crippen LogP contribution >= 0.6 is 11.6 Å². The molecule has 0 amide bonds. The van der Waals surface area contributed by atoms with E-state index in [1.807, 2.05) is 18.2 Å². The van der Waals surface area contributed by atoms with Gasteiger partial charge in [-0.05, 0) is 25.3 Å². The fourth-order valence-corrected chi connectivity index (χ4v) is 3.78. The molecule has 0 aliphatic carbocycles. The molecule has 0 aromatic carbocycles. The molecule has 0 bridgehead atoms. The lowest BCUT2D eigenvalue weighted by Crippen LogP contribution is -2.25. The van der Waals surface area contributed by atoms with Crippen LogP contribution < -0.4 is 10.2 Å². The number of nitrogens with zero attached hydrogens (tertiary/aromatic N) is 7. The van der Waals surface area contributed by atoms with E-state index >= 15 is 0 Å². The van der Waals surface area contributed by atoms with Crippen LogP contribution in [0.3, 0.4) is 0 Å². The fourth-order valence-electron chi connectivity index (χ4n) is 3.60. The van der Waals surface area contributed by atoms with E-state index in [9.17, 15) is 0 Å². The third-order valence-electron chi connectivity index (χ3n) is 5.13. The highest BCUT2D eigenvalue weighted by atomic mass is 35.5. The molecule has 9 nitrogen and oxygen atoms in total. The Hall–Kier alpha value is -3.59. The van der Waals surface area contributed by atoms with Crippen LogP contribution in [0.15, 0.2) is 49.3 Å². The number of nitrogens with one attached hydrogen (secondary N) is 2. The highest BCUT2D eigenvalue weighted by Crippen LogP contribution is 2.28. The second kappa shape index (κ2) is 8.65. The molecule has 4 aromatic heterocycles. The molecule has 5 heterocycles. The van der Waals surface area contributed by atoms with Gasteiger partial charge in [-0.3, -0.25) is 10.1 Å². The average molecular weight is 434 g/mol. The van der Waals surface area contributed by atoms with Crippen LogP contribution in [0.5, 0.6) is 0 Å². The van der Waals surface area contributed by atoms with Crippen molar-refractivity contribution in [2.45, 2.75) is 25.8 Å². The zero-order valence-corrected chi connectivity index (χ0v) is 17.4. The molecule has 0 spiro atoms. The van der Waals surface area contributed by atoms with Crippen LogP contribution in [0.25, 0.3) is 11.3 Å². The summed E-state index contributed by atoms with van der Waals surface area (Å²) in [5.74, 6) is 2.13. The molecule has 0 atom stereocenters. The van der Waals surface area contributed by atoms with Crippen molar-refractivity contribution in [2.75, 3.05) is 16.8 Å². The number of pyridine rings is 1. The summed E-state index contributed by atoms with van der Waals surface area (Å²) >= 11 is 6.30. The maximum Gasteiger partial charge on any atom is 0.153 e. The number of halogens is 1. The highest BCUT2D eigenvalue weighted by Gasteiger charge is 2.20. The first kappa shape index (κ1) is 19.4. The van der Waals surface area contributed by atoms with E-state index < -0.39 is 0 Å². The monoisotopic (exact) mass is 433 g/mol. The molecule has 1 aliphatic heterocycles. The summed E-state index contributed by atoms with van der Waals surface area (Å²) in [6.07, 6.45) is 11.5. The number of aromatic amines is 1. The maximum atomic E-state index is 6.30. The van der Waals surface area contributed by atoms with Crippen LogP contribution in [-0.4, -0.2) is 41.7 Å². The van der Waals surface area contributed by atoms with Gasteiger partial charge in [0.2, 0.25) is 0 Å². The lowest BCUT2D eigenvalue weighted by atomic mass is 10.2. The molecule has 0 saturated heterocycles. The Bertz CT molecular complexity index is 1180. The first-order valence-electron chi connectivity index (χ1n) is 10.0. The Morgan fingerprint density at radius 3 is 2.94 bits per heavy atom. The van der Waals surface area contributed by atoms with E-state index in [0.717, 1.165) is 54.1 Å². The van der Waals surface area contributed by atoms with Gasteiger partial charge in [-0.25, -0.2) is 19.9 Å². The summed E-state index contributed by atoms with van der Waals surface area (Å²) in [6, 6.07) is 5.75. The van der Waals surface area contributed by atoms with Crippen molar-refractivity contribution in [3.05, 3.63) is 65.7 Å². The predicted octanol–water partition coefficient (Wildman–Crippen LogP) is 3.79. The Morgan fingerprint density at radius 2 is 2.06 bits per heavy atom. The lowest BCUT2D eigenvalue weighted by molar-refractivity contribution is 0.709. The van der Waals surface area contributed by atoms with E-state index in [1.165, 1.54) is 6.33 Å². The van der Waals surface area contributed by atoms with Gasteiger partial charge in [0.25, 0.3) is 0 Å².